The number of benzene rings is 1. The van der Waals surface area contributed by atoms with Crippen molar-refractivity contribution in [1.29, 1.82) is 0 Å². The number of nitrogens with two attached hydrogens (primary N) is 1. The van der Waals surface area contributed by atoms with Crippen molar-refractivity contribution < 1.29 is 17.2 Å². The van der Waals surface area contributed by atoms with Crippen LogP contribution in [0.15, 0.2) is 17.0 Å². The summed E-state index contributed by atoms with van der Waals surface area (Å²) in [7, 11) is -2.59. The SMILES string of the molecule is CCCN(C)S(=O)(=O)c1ccc(F)c(CN)c1F. The van der Waals surface area contributed by atoms with E-state index < -0.39 is 38.7 Å². The first-order valence-electron chi connectivity index (χ1n) is 5.49. The molecule has 0 fully saturated rings. The summed E-state index contributed by atoms with van der Waals surface area (Å²) in [6.07, 6.45) is 0.599. The molecule has 0 aliphatic carbocycles. The lowest BCUT2D eigenvalue weighted by molar-refractivity contribution is 0.458. The predicted molar refractivity (Wildman–Crippen MR) is 64.4 cm³/mol. The van der Waals surface area contributed by atoms with E-state index in [1.165, 1.54) is 7.05 Å². The van der Waals surface area contributed by atoms with Crippen molar-refractivity contribution >= 4 is 10.0 Å². The third kappa shape index (κ3) is 2.68. The van der Waals surface area contributed by atoms with Gasteiger partial charge in [0.25, 0.3) is 0 Å². The van der Waals surface area contributed by atoms with Crippen LogP contribution in [0, 0.1) is 11.6 Å². The number of nitrogens with zero attached hydrogens (tertiary/aromatic N) is 1. The summed E-state index contributed by atoms with van der Waals surface area (Å²) in [5, 5.41) is 0. The zero-order chi connectivity index (χ0) is 13.9. The lowest BCUT2D eigenvalue weighted by Gasteiger charge is -2.17. The molecule has 2 N–H and O–H groups in total. The molecule has 0 atom stereocenters. The molecular weight excluding hydrogens is 262 g/mol. The minimum atomic E-state index is -3.95. The average Bonchev–Trinajstić information content (AvgIpc) is 2.29. The van der Waals surface area contributed by atoms with Crippen molar-refractivity contribution in [2.45, 2.75) is 24.8 Å². The second-order valence-electron chi connectivity index (χ2n) is 3.87. The van der Waals surface area contributed by atoms with Gasteiger partial charge in [-0.15, -0.1) is 0 Å². The first-order chi connectivity index (χ1) is 8.36. The van der Waals surface area contributed by atoms with Crippen molar-refractivity contribution in [3.8, 4) is 0 Å². The lowest BCUT2D eigenvalue weighted by Crippen LogP contribution is -2.29. The van der Waals surface area contributed by atoms with Gasteiger partial charge in [0.15, 0.2) is 5.82 Å². The predicted octanol–water partition coefficient (Wildman–Crippen LogP) is 1.45. The van der Waals surface area contributed by atoms with Crippen LogP contribution in [0.25, 0.3) is 0 Å². The monoisotopic (exact) mass is 278 g/mol. The molecule has 0 aliphatic heterocycles. The molecule has 102 valence electrons. The van der Waals surface area contributed by atoms with Crippen LogP contribution in [-0.2, 0) is 16.6 Å². The Morgan fingerprint density at radius 2 is 1.94 bits per heavy atom. The highest BCUT2D eigenvalue weighted by Crippen LogP contribution is 2.23. The quantitative estimate of drug-likeness (QED) is 0.886. The fraction of sp³-hybridized carbons (Fsp3) is 0.455. The van der Waals surface area contributed by atoms with Crippen molar-refractivity contribution in [2.75, 3.05) is 13.6 Å². The lowest BCUT2D eigenvalue weighted by atomic mass is 10.2. The molecule has 1 aromatic rings. The second-order valence-corrected chi connectivity index (χ2v) is 5.88. The summed E-state index contributed by atoms with van der Waals surface area (Å²) in [4.78, 5) is -0.541. The minimum absolute atomic E-state index is 0.261. The van der Waals surface area contributed by atoms with Crippen LogP contribution in [0.5, 0.6) is 0 Å². The fourth-order valence-electron chi connectivity index (χ4n) is 1.57. The Morgan fingerprint density at radius 1 is 1.33 bits per heavy atom. The summed E-state index contributed by atoms with van der Waals surface area (Å²) in [5.41, 5.74) is 4.79. The Bertz CT molecular complexity index is 532. The van der Waals surface area contributed by atoms with E-state index in [9.17, 15) is 17.2 Å². The van der Waals surface area contributed by atoms with Crippen LogP contribution in [0.3, 0.4) is 0 Å². The topological polar surface area (TPSA) is 63.4 Å². The van der Waals surface area contributed by atoms with Crippen molar-refractivity contribution in [2.24, 2.45) is 5.73 Å². The van der Waals surface area contributed by atoms with E-state index in [1.807, 2.05) is 0 Å². The second kappa shape index (κ2) is 5.73. The van der Waals surface area contributed by atoms with Gasteiger partial charge in [-0.3, -0.25) is 0 Å². The summed E-state index contributed by atoms with van der Waals surface area (Å²) in [6.45, 7) is 1.67. The molecule has 18 heavy (non-hydrogen) atoms. The smallest absolute Gasteiger partial charge is 0.245 e. The van der Waals surface area contributed by atoms with E-state index in [0.717, 1.165) is 16.4 Å². The van der Waals surface area contributed by atoms with Gasteiger partial charge >= 0.3 is 0 Å². The van der Waals surface area contributed by atoms with Gasteiger partial charge in [0.2, 0.25) is 10.0 Å². The maximum absolute atomic E-state index is 13.9. The Labute approximate surface area is 105 Å². The van der Waals surface area contributed by atoms with Crippen molar-refractivity contribution in [3.63, 3.8) is 0 Å². The number of rotatable bonds is 5. The molecule has 0 saturated carbocycles. The molecular formula is C11H16F2N2O2S. The van der Waals surface area contributed by atoms with E-state index in [-0.39, 0.29) is 6.54 Å². The number of sulfonamides is 1. The number of halogens is 2. The third-order valence-electron chi connectivity index (χ3n) is 2.58. The number of hydrogen-bond acceptors (Lipinski definition) is 3. The first-order valence-corrected chi connectivity index (χ1v) is 6.93. The molecule has 1 rings (SSSR count). The van der Waals surface area contributed by atoms with E-state index in [4.69, 9.17) is 5.73 Å². The van der Waals surface area contributed by atoms with Gasteiger partial charge in [0.1, 0.15) is 10.7 Å². The van der Waals surface area contributed by atoms with E-state index >= 15 is 0 Å². The van der Waals surface area contributed by atoms with Crippen molar-refractivity contribution in [3.05, 3.63) is 29.3 Å². The van der Waals surface area contributed by atoms with Crippen LogP contribution in [0.4, 0.5) is 8.78 Å². The van der Waals surface area contributed by atoms with Gasteiger partial charge in [-0.1, -0.05) is 6.92 Å². The van der Waals surface area contributed by atoms with Gasteiger partial charge in [0, 0.05) is 25.7 Å². The zero-order valence-corrected chi connectivity index (χ0v) is 11.1. The third-order valence-corrected chi connectivity index (χ3v) is 4.46. The van der Waals surface area contributed by atoms with Gasteiger partial charge in [-0.2, -0.15) is 0 Å². The van der Waals surface area contributed by atoms with Crippen LogP contribution in [-0.4, -0.2) is 26.3 Å². The van der Waals surface area contributed by atoms with Gasteiger partial charge < -0.3 is 5.73 Å². The molecule has 0 radical (unpaired) electrons. The Hall–Kier alpha value is -1.05. The number of hydrogen-bond donors (Lipinski definition) is 1. The normalized spacial score (nSPS) is 12.1. The molecule has 0 aliphatic rings. The van der Waals surface area contributed by atoms with Gasteiger partial charge in [0.05, 0.1) is 0 Å². The zero-order valence-electron chi connectivity index (χ0n) is 10.3. The highest BCUT2D eigenvalue weighted by molar-refractivity contribution is 7.89. The van der Waals surface area contributed by atoms with Crippen molar-refractivity contribution in [1.82, 2.24) is 4.31 Å². The molecule has 7 heteroatoms. The molecule has 0 heterocycles. The van der Waals surface area contributed by atoms with Gasteiger partial charge in [-0.25, -0.2) is 21.5 Å². The molecule has 0 bridgehead atoms. The fourth-order valence-corrected chi connectivity index (χ4v) is 2.91. The molecule has 0 spiro atoms. The standard InChI is InChI=1S/C11H16F2N2O2S/c1-3-6-15(2)18(16,17)10-5-4-9(12)8(7-14)11(10)13/h4-5H,3,6-7,14H2,1-2H3. The molecule has 1 aromatic carbocycles. The molecule has 0 amide bonds. The molecule has 0 unspecified atom stereocenters. The summed E-state index contributed by atoms with van der Waals surface area (Å²) in [5.74, 6) is -1.95. The molecule has 0 aromatic heterocycles. The van der Waals surface area contributed by atoms with Crippen LogP contribution in [0.1, 0.15) is 18.9 Å². The maximum atomic E-state index is 13.9. The highest BCUT2D eigenvalue weighted by atomic mass is 32.2. The average molecular weight is 278 g/mol. The van der Waals surface area contributed by atoms with E-state index in [2.05, 4.69) is 0 Å². The Kier molecular flexibility index (Phi) is 4.78. The summed E-state index contributed by atoms with van der Waals surface area (Å²) in [6, 6.07) is 1.84. The Morgan fingerprint density at radius 3 is 2.44 bits per heavy atom. The minimum Gasteiger partial charge on any atom is -0.326 e. The van der Waals surface area contributed by atoms with Crippen LogP contribution in [0.2, 0.25) is 0 Å². The summed E-state index contributed by atoms with van der Waals surface area (Å²) < 4.78 is 52.3. The summed E-state index contributed by atoms with van der Waals surface area (Å²) >= 11 is 0. The van der Waals surface area contributed by atoms with E-state index in [0.29, 0.717) is 6.42 Å². The maximum Gasteiger partial charge on any atom is 0.245 e. The molecule has 0 saturated heterocycles. The van der Waals surface area contributed by atoms with Gasteiger partial charge in [-0.05, 0) is 18.6 Å². The molecule has 4 nitrogen and oxygen atoms in total. The highest BCUT2D eigenvalue weighted by Gasteiger charge is 2.26. The Balaban J connectivity index is 3.34. The largest absolute Gasteiger partial charge is 0.326 e. The van der Waals surface area contributed by atoms with E-state index in [1.54, 1.807) is 6.92 Å². The first kappa shape index (κ1) is 15.0. The van der Waals surface area contributed by atoms with Crippen LogP contribution >= 0.6 is 0 Å². The van der Waals surface area contributed by atoms with Crippen LogP contribution < -0.4 is 5.73 Å².